The summed E-state index contributed by atoms with van der Waals surface area (Å²) in [7, 11) is -3.51. The van der Waals surface area contributed by atoms with Crippen LogP contribution in [0.1, 0.15) is 23.1 Å². The minimum Gasteiger partial charge on any atom is -0.207 e. The predicted octanol–water partition coefficient (Wildman–Crippen LogP) is 3.09. The summed E-state index contributed by atoms with van der Waals surface area (Å²) in [5.41, 5.74) is 2.89. The van der Waals surface area contributed by atoms with Crippen molar-refractivity contribution in [3.8, 4) is 0 Å². The van der Waals surface area contributed by atoms with E-state index in [-0.39, 0.29) is 12.4 Å². The molecule has 4 nitrogen and oxygen atoms in total. The van der Waals surface area contributed by atoms with E-state index < -0.39 is 10.2 Å². The average Bonchev–Trinajstić information content (AvgIpc) is 2.55. The molecule has 0 aromatic heterocycles. The van der Waals surface area contributed by atoms with Gasteiger partial charge in [0.2, 0.25) is 0 Å². The van der Waals surface area contributed by atoms with E-state index in [0.717, 1.165) is 23.1 Å². The molecule has 0 atom stereocenters. The Morgan fingerprint density at radius 3 is 2.25 bits per heavy atom. The van der Waals surface area contributed by atoms with Crippen molar-refractivity contribution >= 4 is 10.2 Å². The normalized spacial score (nSPS) is 18.6. The fraction of sp³-hybridized carbons (Fsp3) is 0.333. The summed E-state index contributed by atoms with van der Waals surface area (Å²) in [5.74, 6) is -0.318. The summed E-state index contributed by atoms with van der Waals surface area (Å²) in [6.45, 7) is 3.66. The third-order valence-corrected chi connectivity index (χ3v) is 6.28. The average molecular weight is 348 g/mol. The molecule has 24 heavy (non-hydrogen) atoms. The summed E-state index contributed by atoms with van der Waals surface area (Å²) in [6, 6.07) is 13.8. The zero-order valence-corrected chi connectivity index (χ0v) is 14.5. The van der Waals surface area contributed by atoms with Crippen LogP contribution >= 0.6 is 0 Å². The monoisotopic (exact) mass is 348 g/mol. The Kier molecular flexibility index (Phi) is 4.99. The number of nitrogens with zero attached hydrogens (tertiary/aromatic N) is 2. The number of rotatable bonds is 4. The summed E-state index contributed by atoms with van der Waals surface area (Å²) >= 11 is 0. The maximum atomic E-state index is 13.0. The molecule has 0 amide bonds. The lowest BCUT2D eigenvalue weighted by Crippen LogP contribution is -2.48. The van der Waals surface area contributed by atoms with Crippen molar-refractivity contribution in [2.24, 2.45) is 0 Å². The SMILES string of the molecule is Cc1ccccc1CN1CCCN(Cc2ccc(F)cc2)S1(=O)=O. The van der Waals surface area contributed by atoms with Crippen LogP contribution in [0.15, 0.2) is 48.5 Å². The molecule has 1 heterocycles. The van der Waals surface area contributed by atoms with Crippen LogP contribution in [0.5, 0.6) is 0 Å². The number of hydrogen-bond acceptors (Lipinski definition) is 2. The fourth-order valence-electron chi connectivity index (χ4n) is 2.91. The molecule has 0 bridgehead atoms. The van der Waals surface area contributed by atoms with E-state index in [1.807, 2.05) is 31.2 Å². The topological polar surface area (TPSA) is 40.6 Å². The summed E-state index contributed by atoms with van der Waals surface area (Å²) in [5, 5.41) is 0. The van der Waals surface area contributed by atoms with Gasteiger partial charge >= 0.3 is 0 Å². The van der Waals surface area contributed by atoms with Gasteiger partial charge < -0.3 is 0 Å². The number of aryl methyl sites for hydroxylation is 1. The van der Waals surface area contributed by atoms with Gasteiger partial charge in [0.1, 0.15) is 5.82 Å². The number of benzene rings is 2. The Balaban J connectivity index is 1.78. The first-order valence-corrected chi connectivity index (χ1v) is 9.41. The molecular weight excluding hydrogens is 327 g/mol. The van der Waals surface area contributed by atoms with E-state index >= 15 is 0 Å². The fourth-order valence-corrected chi connectivity index (χ4v) is 4.57. The third kappa shape index (κ3) is 3.66. The molecule has 128 valence electrons. The van der Waals surface area contributed by atoms with Crippen LogP contribution in [0.3, 0.4) is 0 Å². The molecular formula is C18H21FN2O2S. The Hall–Kier alpha value is -1.76. The van der Waals surface area contributed by atoms with Crippen molar-refractivity contribution in [3.63, 3.8) is 0 Å². The molecule has 0 spiro atoms. The van der Waals surface area contributed by atoms with Crippen LogP contribution in [0.25, 0.3) is 0 Å². The lowest BCUT2D eigenvalue weighted by molar-refractivity contribution is 0.275. The molecule has 0 radical (unpaired) electrons. The molecule has 3 rings (SSSR count). The van der Waals surface area contributed by atoms with E-state index in [1.54, 1.807) is 12.1 Å². The standard InChI is InChI=1S/C18H21FN2O2S/c1-15-5-2-3-6-17(15)14-21-12-4-11-20(24(21,22)23)13-16-7-9-18(19)10-8-16/h2-3,5-10H,4,11-14H2,1H3. The van der Waals surface area contributed by atoms with E-state index in [1.165, 1.54) is 20.7 Å². The molecule has 1 fully saturated rings. The number of halogens is 1. The van der Waals surface area contributed by atoms with Gasteiger partial charge in [-0.2, -0.15) is 17.0 Å². The molecule has 2 aromatic carbocycles. The van der Waals surface area contributed by atoms with E-state index in [4.69, 9.17) is 0 Å². The van der Waals surface area contributed by atoms with Crippen LogP contribution in [0.4, 0.5) is 4.39 Å². The molecule has 0 N–H and O–H groups in total. The Morgan fingerprint density at radius 2 is 1.58 bits per heavy atom. The lowest BCUT2D eigenvalue weighted by Gasteiger charge is -2.35. The Morgan fingerprint density at radius 1 is 0.958 bits per heavy atom. The van der Waals surface area contributed by atoms with Gasteiger partial charge in [0.25, 0.3) is 10.2 Å². The molecule has 6 heteroatoms. The van der Waals surface area contributed by atoms with Gasteiger partial charge in [0.15, 0.2) is 0 Å². The second kappa shape index (κ2) is 7.01. The third-order valence-electron chi connectivity index (χ3n) is 4.35. The minimum absolute atomic E-state index is 0.271. The minimum atomic E-state index is -3.51. The maximum absolute atomic E-state index is 13.0. The molecule has 1 aliphatic heterocycles. The van der Waals surface area contributed by atoms with Gasteiger partial charge in [-0.25, -0.2) is 4.39 Å². The van der Waals surface area contributed by atoms with Gasteiger partial charge in [-0.1, -0.05) is 36.4 Å². The van der Waals surface area contributed by atoms with Crippen LogP contribution in [0, 0.1) is 12.7 Å². The summed E-state index contributed by atoms with van der Waals surface area (Å²) < 4.78 is 41.8. The van der Waals surface area contributed by atoms with Crippen LogP contribution in [-0.4, -0.2) is 30.1 Å². The Bertz CT molecular complexity index is 806. The van der Waals surface area contributed by atoms with Crippen molar-refractivity contribution in [1.82, 2.24) is 8.61 Å². The van der Waals surface area contributed by atoms with E-state index in [9.17, 15) is 12.8 Å². The molecule has 0 aliphatic carbocycles. The van der Waals surface area contributed by atoms with Crippen molar-refractivity contribution in [3.05, 3.63) is 71.0 Å². The van der Waals surface area contributed by atoms with Crippen molar-refractivity contribution in [1.29, 1.82) is 0 Å². The highest BCUT2D eigenvalue weighted by molar-refractivity contribution is 7.86. The summed E-state index contributed by atoms with van der Waals surface area (Å²) in [6.07, 6.45) is 0.784. The highest BCUT2D eigenvalue weighted by atomic mass is 32.2. The van der Waals surface area contributed by atoms with Crippen molar-refractivity contribution < 1.29 is 12.8 Å². The van der Waals surface area contributed by atoms with Crippen molar-refractivity contribution in [2.75, 3.05) is 13.1 Å². The molecule has 1 saturated heterocycles. The van der Waals surface area contributed by atoms with Gasteiger partial charge in [-0.05, 0) is 42.2 Å². The highest BCUT2D eigenvalue weighted by Gasteiger charge is 2.33. The maximum Gasteiger partial charge on any atom is 0.282 e. The quantitative estimate of drug-likeness (QED) is 0.852. The molecule has 1 aliphatic rings. The van der Waals surface area contributed by atoms with Crippen LogP contribution < -0.4 is 0 Å². The summed E-state index contributed by atoms with van der Waals surface area (Å²) in [4.78, 5) is 0. The van der Waals surface area contributed by atoms with Crippen molar-refractivity contribution in [2.45, 2.75) is 26.4 Å². The first-order valence-electron chi connectivity index (χ1n) is 8.01. The predicted molar refractivity (Wildman–Crippen MR) is 91.9 cm³/mol. The Labute approximate surface area is 142 Å². The highest BCUT2D eigenvalue weighted by Crippen LogP contribution is 2.22. The first kappa shape index (κ1) is 17.1. The molecule has 0 saturated carbocycles. The van der Waals surface area contributed by atoms with E-state index in [0.29, 0.717) is 19.6 Å². The molecule has 2 aromatic rings. The number of hydrogen-bond donors (Lipinski definition) is 0. The zero-order valence-electron chi connectivity index (χ0n) is 13.7. The van der Waals surface area contributed by atoms with Crippen LogP contribution in [-0.2, 0) is 23.3 Å². The van der Waals surface area contributed by atoms with Gasteiger partial charge in [-0.3, -0.25) is 0 Å². The van der Waals surface area contributed by atoms with E-state index in [2.05, 4.69) is 0 Å². The van der Waals surface area contributed by atoms with Gasteiger partial charge in [0, 0.05) is 26.2 Å². The van der Waals surface area contributed by atoms with Crippen LogP contribution in [0.2, 0.25) is 0 Å². The molecule has 0 unspecified atom stereocenters. The van der Waals surface area contributed by atoms with Gasteiger partial charge in [0.05, 0.1) is 0 Å². The second-order valence-corrected chi connectivity index (χ2v) is 8.01. The van der Waals surface area contributed by atoms with Gasteiger partial charge in [-0.15, -0.1) is 0 Å². The zero-order chi connectivity index (χ0) is 17.2. The lowest BCUT2D eigenvalue weighted by atomic mass is 10.1. The second-order valence-electron chi connectivity index (χ2n) is 6.08. The largest absolute Gasteiger partial charge is 0.282 e. The first-order chi connectivity index (χ1) is 11.5. The smallest absolute Gasteiger partial charge is 0.207 e.